The van der Waals surface area contributed by atoms with Gasteiger partial charge >= 0.3 is 12.1 Å². The van der Waals surface area contributed by atoms with Crippen LogP contribution in [-0.2, 0) is 15.8 Å². The fourth-order valence-electron chi connectivity index (χ4n) is 1.80. The van der Waals surface area contributed by atoms with Gasteiger partial charge in [-0.2, -0.15) is 13.2 Å². The highest BCUT2D eigenvalue weighted by Crippen LogP contribution is 2.29. The molecule has 114 valence electrons. The van der Waals surface area contributed by atoms with Gasteiger partial charge in [0.05, 0.1) is 5.56 Å². The molecule has 1 aliphatic rings. The van der Waals surface area contributed by atoms with Crippen LogP contribution in [0, 0.1) is 0 Å². The van der Waals surface area contributed by atoms with E-state index < -0.39 is 17.7 Å². The zero-order valence-corrected chi connectivity index (χ0v) is 11.7. The van der Waals surface area contributed by atoms with Crippen molar-refractivity contribution < 1.29 is 22.8 Å². The molecular formula is C13H13F3N2O2S. The predicted molar refractivity (Wildman–Crippen MR) is 73.7 cm³/mol. The molecule has 2 rings (SSSR count). The first-order valence-electron chi connectivity index (χ1n) is 6.21. The van der Waals surface area contributed by atoms with Gasteiger partial charge in [-0.1, -0.05) is 17.3 Å². The van der Waals surface area contributed by atoms with Gasteiger partial charge in [0.2, 0.25) is 0 Å². The first kappa shape index (κ1) is 15.7. The average molecular weight is 318 g/mol. The summed E-state index contributed by atoms with van der Waals surface area (Å²) in [6.45, 7) is 0. The number of alkyl halides is 3. The van der Waals surface area contributed by atoms with Crippen molar-refractivity contribution in [2.75, 3.05) is 5.75 Å². The summed E-state index contributed by atoms with van der Waals surface area (Å²) in [5.41, 5.74) is 5.07. The van der Waals surface area contributed by atoms with Crippen LogP contribution < -0.4 is 5.73 Å². The van der Waals surface area contributed by atoms with Gasteiger partial charge in [0.15, 0.2) is 5.84 Å². The molecule has 0 bridgehead atoms. The number of carbonyl (C=O) groups excluding carboxylic acids is 1. The van der Waals surface area contributed by atoms with Crippen molar-refractivity contribution in [1.82, 2.24) is 0 Å². The van der Waals surface area contributed by atoms with Crippen molar-refractivity contribution >= 4 is 23.6 Å². The molecule has 0 aliphatic carbocycles. The summed E-state index contributed by atoms with van der Waals surface area (Å²) in [4.78, 5) is 16.3. The van der Waals surface area contributed by atoms with Crippen molar-refractivity contribution in [2.24, 2.45) is 10.9 Å². The van der Waals surface area contributed by atoms with E-state index in [4.69, 9.17) is 10.6 Å². The minimum atomic E-state index is -4.41. The van der Waals surface area contributed by atoms with E-state index in [1.807, 2.05) is 0 Å². The third-order valence-corrected chi connectivity index (χ3v) is 4.29. The number of carbonyl (C=O) groups is 1. The minimum absolute atomic E-state index is 0.139. The summed E-state index contributed by atoms with van der Waals surface area (Å²) in [5.74, 6) is 0.283. The number of nitrogens with two attached hydrogens (primary N) is 1. The van der Waals surface area contributed by atoms with Crippen LogP contribution in [0.2, 0.25) is 0 Å². The third kappa shape index (κ3) is 4.13. The zero-order valence-electron chi connectivity index (χ0n) is 10.9. The summed E-state index contributed by atoms with van der Waals surface area (Å²) in [5, 5.41) is 3.24. The molecule has 0 spiro atoms. The van der Waals surface area contributed by atoms with Gasteiger partial charge in [0.1, 0.15) is 5.25 Å². The summed E-state index contributed by atoms with van der Waals surface area (Å²) < 4.78 is 37.2. The molecule has 1 aromatic carbocycles. The van der Waals surface area contributed by atoms with Crippen LogP contribution in [0.3, 0.4) is 0 Å². The Morgan fingerprint density at radius 3 is 2.52 bits per heavy atom. The smallest absolute Gasteiger partial charge is 0.380 e. The quantitative estimate of drug-likeness (QED) is 0.403. The maximum absolute atomic E-state index is 12.4. The molecule has 0 unspecified atom stereocenters. The molecule has 0 radical (unpaired) electrons. The Morgan fingerprint density at radius 2 is 2.00 bits per heavy atom. The highest BCUT2D eigenvalue weighted by atomic mass is 32.2. The maximum Gasteiger partial charge on any atom is 0.416 e. The molecule has 2 N–H and O–H groups in total. The van der Waals surface area contributed by atoms with Crippen molar-refractivity contribution in [1.29, 1.82) is 0 Å². The van der Waals surface area contributed by atoms with Crippen LogP contribution >= 0.6 is 11.8 Å². The van der Waals surface area contributed by atoms with Crippen molar-refractivity contribution in [3.05, 3.63) is 35.4 Å². The standard InChI is InChI=1S/C13H13F3N2O2S/c14-13(15,16)9-5-3-8(4-6-9)11(17)18-20-12(19)10-2-1-7-21-10/h3-6,10H,1-2,7H2,(H2,17,18)/t10-/m0/s1. The van der Waals surface area contributed by atoms with Crippen molar-refractivity contribution in [3.8, 4) is 0 Å². The Labute approximate surface area is 123 Å². The van der Waals surface area contributed by atoms with Crippen LogP contribution in [-0.4, -0.2) is 22.8 Å². The number of rotatable bonds is 3. The van der Waals surface area contributed by atoms with Gasteiger partial charge in [-0.25, -0.2) is 4.79 Å². The molecule has 1 saturated heterocycles. The minimum Gasteiger partial charge on any atom is -0.380 e. The number of benzene rings is 1. The van der Waals surface area contributed by atoms with Crippen LogP contribution in [0.25, 0.3) is 0 Å². The SMILES string of the molecule is N/C(=N/OC(=O)[C@@H]1CCCS1)c1ccc(C(F)(F)F)cc1. The topological polar surface area (TPSA) is 64.7 Å². The molecule has 4 nitrogen and oxygen atoms in total. The average Bonchev–Trinajstić information content (AvgIpc) is 2.98. The molecule has 8 heteroatoms. The summed E-state index contributed by atoms with van der Waals surface area (Å²) >= 11 is 1.49. The first-order valence-corrected chi connectivity index (χ1v) is 7.26. The van der Waals surface area contributed by atoms with E-state index in [-0.39, 0.29) is 16.6 Å². The van der Waals surface area contributed by atoms with Gasteiger partial charge in [0, 0.05) is 5.56 Å². The molecule has 1 aromatic rings. The van der Waals surface area contributed by atoms with E-state index in [1.54, 1.807) is 0 Å². The predicted octanol–water partition coefficient (Wildman–Crippen LogP) is 2.76. The molecule has 21 heavy (non-hydrogen) atoms. The Kier molecular flexibility index (Phi) is 4.76. The van der Waals surface area contributed by atoms with E-state index in [0.717, 1.165) is 30.7 Å². The molecule has 0 saturated carbocycles. The van der Waals surface area contributed by atoms with E-state index in [1.165, 1.54) is 23.9 Å². The molecule has 0 aromatic heterocycles. The third-order valence-electron chi connectivity index (χ3n) is 2.93. The Balaban J connectivity index is 2.00. The number of oxime groups is 1. The second-order valence-corrected chi connectivity index (χ2v) is 5.77. The van der Waals surface area contributed by atoms with Crippen LogP contribution in [0.1, 0.15) is 24.0 Å². The lowest BCUT2D eigenvalue weighted by Gasteiger charge is -2.07. The van der Waals surface area contributed by atoms with Crippen LogP contribution in [0.15, 0.2) is 29.4 Å². The lowest BCUT2D eigenvalue weighted by Crippen LogP contribution is -2.19. The Bertz CT molecular complexity index is 537. The molecule has 0 amide bonds. The molecule has 1 atom stereocenters. The van der Waals surface area contributed by atoms with Gasteiger partial charge in [-0.3, -0.25) is 0 Å². The fourth-order valence-corrected chi connectivity index (χ4v) is 2.93. The lowest BCUT2D eigenvalue weighted by molar-refractivity contribution is -0.143. The number of hydrogen-bond donors (Lipinski definition) is 1. The van der Waals surface area contributed by atoms with E-state index >= 15 is 0 Å². The highest BCUT2D eigenvalue weighted by Gasteiger charge is 2.30. The second-order valence-electron chi connectivity index (χ2n) is 4.46. The molecule has 1 heterocycles. The number of amidine groups is 1. The largest absolute Gasteiger partial charge is 0.416 e. The highest BCUT2D eigenvalue weighted by molar-refractivity contribution is 8.00. The Hall–Kier alpha value is -1.70. The van der Waals surface area contributed by atoms with Crippen molar-refractivity contribution in [2.45, 2.75) is 24.3 Å². The molecule has 1 aliphatic heterocycles. The van der Waals surface area contributed by atoms with Gasteiger partial charge in [-0.05, 0) is 30.7 Å². The van der Waals surface area contributed by atoms with Gasteiger partial charge in [0.25, 0.3) is 0 Å². The number of nitrogens with zero attached hydrogens (tertiary/aromatic N) is 1. The Morgan fingerprint density at radius 1 is 1.33 bits per heavy atom. The van der Waals surface area contributed by atoms with Crippen LogP contribution in [0.4, 0.5) is 13.2 Å². The summed E-state index contributed by atoms with van der Waals surface area (Å²) in [7, 11) is 0. The fraction of sp³-hybridized carbons (Fsp3) is 0.385. The monoisotopic (exact) mass is 318 g/mol. The summed E-state index contributed by atoms with van der Waals surface area (Å²) in [6.07, 6.45) is -2.72. The van der Waals surface area contributed by atoms with Crippen molar-refractivity contribution in [3.63, 3.8) is 0 Å². The van der Waals surface area contributed by atoms with E-state index in [2.05, 4.69) is 5.16 Å². The van der Waals surface area contributed by atoms with Gasteiger partial charge < -0.3 is 10.6 Å². The first-order chi connectivity index (χ1) is 9.88. The van der Waals surface area contributed by atoms with Gasteiger partial charge in [-0.15, -0.1) is 11.8 Å². The van der Waals surface area contributed by atoms with E-state index in [9.17, 15) is 18.0 Å². The second kappa shape index (κ2) is 6.38. The van der Waals surface area contributed by atoms with E-state index in [0.29, 0.717) is 0 Å². The number of hydrogen-bond acceptors (Lipinski definition) is 4. The van der Waals surface area contributed by atoms with Crippen LogP contribution in [0.5, 0.6) is 0 Å². The zero-order chi connectivity index (χ0) is 15.5. The maximum atomic E-state index is 12.4. The summed E-state index contributed by atoms with van der Waals surface area (Å²) in [6, 6.07) is 4.15. The molecular weight excluding hydrogens is 305 g/mol. The number of halogens is 3. The molecule has 1 fully saturated rings. The number of thioether (sulfide) groups is 1. The lowest BCUT2D eigenvalue weighted by atomic mass is 10.1. The normalized spacial score (nSPS) is 19.6.